The number of rotatable bonds is 4. The van der Waals surface area contributed by atoms with Crippen molar-refractivity contribution >= 4 is 11.6 Å². The molecule has 0 radical (unpaired) electrons. The topological polar surface area (TPSA) is 41.5 Å². The molecule has 1 atom stereocenters. The highest BCUT2D eigenvalue weighted by Crippen LogP contribution is 2.41. The number of hydrazone groups is 1. The number of carbonyl (C=O) groups excluding carboxylic acids is 1. The molecule has 1 N–H and O–H groups in total. The zero-order chi connectivity index (χ0) is 14.8. The van der Waals surface area contributed by atoms with Crippen LogP contribution in [0.5, 0.6) is 0 Å². The number of nitrogens with zero attached hydrogens (tertiary/aromatic N) is 1. The lowest BCUT2D eigenvalue weighted by atomic mass is 9.68. The molecule has 0 aromatic rings. The first-order chi connectivity index (χ1) is 9.40. The lowest BCUT2D eigenvalue weighted by molar-refractivity contribution is -0.122. The number of allylic oxidation sites excluding steroid dienone is 4. The fourth-order valence-corrected chi connectivity index (χ4v) is 2.84. The van der Waals surface area contributed by atoms with Gasteiger partial charge in [0.15, 0.2) is 0 Å². The van der Waals surface area contributed by atoms with Crippen molar-refractivity contribution < 1.29 is 4.79 Å². The van der Waals surface area contributed by atoms with E-state index in [2.05, 4.69) is 43.5 Å². The summed E-state index contributed by atoms with van der Waals surface area (Å²) < 4.78 is 0. The third-order valence-electron chi connectivity index (χ3n) is 4.41. The van der Waals surface area contributed by atoms with Crippen molar-refractivity contribution in [2.75, 3.05) is 0 Å². The first-order valence-corrected chi connectivity index (χ1v) is 7.59. The smallest absolute Gasteiger partial charge is 0.243 e. The van der Waals surface area contributed by atoms with Crippen LogP contribution >= 0.6 is 0 Å². The fourth-order valence-electron chi connectivity index (χ4n) is 2.84. The average Bonchev–Trinajstić information content (AvgIpc) is 3.18. The Morgan fingerprint density at radius 2 is 2.15 bits per heavy atom. The highest BCUT2D eigenvalue weighted by molar-refractivity contribution is 5.94. The SMILES string of the molecule is CC1=CCCC(C)(C)[C@H]1/C=C/C(C)=N\NC(=O)C1CC1. The highest BCUT2D eigenvalue weighted by atomic mass is 16.2. The third-order valence-corrected chi connectivity index (χ3v) is 4.41. The van der Waals surface area contributed by atoms with Crippen molar-refractivity contribution in [3.8, 4) is 0 Å². The van der Waals surface area contributed by atoms with Crippen LogP contribution in [-0.4, -0.2) is 11.6 Å². The Kier molecular flexibility index (Phi) is 4.46. The van der Waals surface area contributed by atoms with Gasteiger partial charge in [0, 0.05) is 11.8 Å². The molecule has 0 bridgehead atoms. The van der Waals surface area contributed by atoms with Crippen LogP contribution in [0.2, 0.25) is 0 Å². The van der Waals surface area contributed by atoms with E-state index in [4.69, 9.17) is 0 Å². The van der Waals surface area contributed by atoms with Crippen LogP contribution in [0.15, 0.2) is 28.9 Å². The van der Waals surface area contributed by atoms with E-state index in [1.807, 2.05) is 13.0 Å². The number of hydrogen-bond donors (Lipinski definition) is 1. The summed E-state index contributed by atoms with van der Waals surface area (Å²) in [7, 11) is 0. The van der Waals surface area contributed by atoms with Crippen molar-refractivity contribution in [3.63, 3.8) is 0 Å². The Hall–Kier alpha value is -1.38. The predicted molar refractivity (Wildman–Crippen MR) is 83.4 cm³/mol. The van der Waals surface area contributed by atoms with E-state index in [1.54, 1.807) is 0 Å². The third kappa shape index (κ3) is 3.81. The monoisotopic (exact) mass is 274 g/mol. The molecule has 110 valence electrons. The standard InChI is InChI=1S/C17H26N2O/c1-12-6-5-11-17(3,4)15(12)10-7-13(2)18-19-16(20)14-8-9-14/h6-7,10,14-15H,5,8-9,11H2,1-4H3,(H,19,20)/b10-7+,18-13-/t15-/m0/s1. The molecule has 0 unspecified atom stereocenters. The van der Waals surface area contributed by atoms with Crippen LogP contribution in [0, 0.1) is 17.3 Å². The van der Waals surface area contributed by atoms with E-state index < -0.39 is 0 Å². The maximum absolute atomic E-state index is 11.5. The zero-order valence-corrected chi connectivity index (χ0v) is 13.1. The summed E-state index contributed by atoms with van der Waals surface area (Å²) in [5, 5.41) is 4.15. The van der Waals surface area contributed by atoms with E-state index in [-0.39, 0.29) is 11.8 Å². The number of amides is 1. The van der Waals surface area contributed by atoms with Gasteiger partial charge in [-0.05, 0) is 51.0 Å². The Bertz CT molecular complexity index is 467. The van der Waals surface area contributed by atoms with Crippen molar-refractivity contribution in [3.05, 3.63) is 23.8 Å². The van der Waals surface area contributed by atoms with E-state index in [9.17, 15) is 4.79 Å². The maximum Gasteiger partial charge on any atom is 0.243 e. The quantitative estimate of drug-likeness (QED) is 0.472. The van der Waals surface area contributed by atoms with E-state index in [1.165, 1.54) is 18.4 Å². The summed E-state index contributed by atoms with van der Waals surface area (Å²) in [5.41, 5.74) is 5.24. The molecular formula is C17H26N2O. The van der Waals surface area contributed by atoms with Crippen LogP contribution in [0.25, 0.3) is 0 Å². The largest absolute Gasteiger partial charge is 0.273 e. The summed E-state index contributed by atoms with van der Waals surface area (Å²) >= 11 is 0. The van der Waals surface area contributed by atoms with Gasteiger partial charge in [0.05, 0.1) is 5.71 Å². The average molecular weight is 274 g/mol. The first kappa shape index (κ1) is 15.0. The molecule has 0 aliphatic heterocycles. The van der Waals surface area contributed by atoms with E-state index >= 15 is 0 Å². The minimum Gasteiger partial charge on any atom is -0.273 e. The minimum atomic E-state index is 0.0619. The van der Waals surface area contributed by atoms with Gasteiger partial charge in [-0.3, -0.25) is 4.79 Å². The predicted octanol–water partition coefficient (Wildman–Crippen LogP) is 3.83. The van der Waals surface area contributed by atoms with Crippen LogP contribution in [0.1, 0.15) is 53.4 Å². The zero-order valence-electron chi connectivity index (χ0n) is 13.1. The highest BCUT2D eigenvalue weighted by Gasteiger charge is 2.31. The van der Waals surface area contributed by atoms with Crippen LogP contribution in [0.3, 0.4) is 0 Å². The molecule has 1 amide bonds. The molecule has 3 heteroatoms. The summed E-state index contributed by atoms with van der Waals surface area (Å²) in [4.78, 5) is 11.5. The molecule has 20 heavy (non-hydrogen) atoms. The lowest BCUT2D eigenvalue weighted by Gasteiger charge is -2.36. The van der Waals surface area contributed by atoms with Crippen LogP contribution in [0.4, 0.5) is 0 Å². The van der Waals surface area contributed by atoms with Gasteiger partial charge in [0.25, 0.3) is 0 Å². The Morgan fingerprint density at radius 1 is 1.45 bits per heavy atom. The van der Waals surface area contributed by atoms with Gasteiger partial charge in [-0.1, -0.05) is 31.6 Å². The summed E-state index contributed by atoms with van der Waals surface area (Å²) in [6.07, 6.45) is 11.0. The van der Waals surface area contributed by atoms with Crippen LogP contribution in [-0.2, 0) is 4.79 Å². The molecule has 2 aliphatic carbocycles. The molecule has 0 aromatic heterocycles. The van der Waals surface area contributed by atoms with Crippen molar-refractivity contribution in [2.24, 2.45) is 22.4 Å². The Labute approximate surface area is 122 Å². The molecule has 0 saturated heterocycles. The summed E-state index contributed by atoms with van der Waals surface area (Å²) in [6.45, 7) is 8.77. The second-order valence-corrected chi connectivity index (χ2v) is 6.82. The molecule has 0 heterocycles. The van der Waals surface area contributed by atoms with Gasteiger partial charge in [0.2, 0.25) is 5.91 Å². The number of carbonyl (C=O) groups is 1. The summed E-state index contributed by atoms with van der Waals surface area (Å²) in [6, 6.07) is 0. The van der Waals surface area contributed by atoms with Crippen molar-refractivity contribution in [1.82, 2.24) is 5.43 Å². The number of hydrogen-bond acceptors (Lipinski definition) is 2. The van der Waals surface area contributed by atoms with E-state index in [0.29, 0.717) is 11.3 Å². The summed E-state index contributed by atoms with van der Waals surface area (Å²) in [5.74, 6) is 0.727. The van der Waals surface area contributed by atoms with Gasteiger partial charge < -0.3 is 0 Å². The van der Waals surface area contributed by atoms with Crippen molar-refractivity contribution in [1.29, 1.82) is 0 Å². The Balaban J connectivity index is 1.96. The van der Waals surface area contributed by atoms with E-state index in [0.717, 1.165) is 18.6 Å². The van der Waals surface area contributed by atoms with Gasteiger partial charge in [0.1, 0.15) is 0 Å². The van der Waals surface area contributed by atoms with Gasteiger partial charge >= 0.3 is 0 Å². The molecule has 0 aromatic carbocycles. The van der Waals surface area contributed by atoms with Crippen LogP contribution < -0.4 is 5.43 Å². The molecule has 2 aliphatic rings. The fraction of sp³-hybridized carbons (Fsp3) is 0.647. The second kappa shape index (κ2) is 5.94. The first-order valence-electron chi connectivity index (χ1n) is 7.59. The Morgan fingerprint density at radius 3 is 2.75 bits per heavy atom. The molecule has 3 nitrogen and oxygen atoms in total. The number of nitrogens with one attached hydrogen (secondary N) is 1. The minimum absolute atomic E-state index is 0.0619. The maximum atomic E-state index is 11.5. The van der Waals surface area contributed by atoms with Gasteiger partial charge in [-0.15, -0.1) is 0 Å². The van der Waals surface area contributed by atoms with Gasteiger partial charge in [-0.25, -0.2) is 5.43 Å². The molecule has 1 fully saturated rings. The second-order valence-electron chi connectivity index (χ2n) is 6.82. The van der Waals surface area contributed by atoms with Crippen molar-refractivity contribution in [2.45, 2.75) is 53.4 Å². The van der Waals surface area contributed by atoms with Gasteiger partial charge in [-0.2, -0.15) is 5.10 Å². The molecule has 1 saturated carbocycles. The molecule has 0 spiro atoms. The normalized spacial score (nSPS) is 26.5. The lowest BCUT2D eigenvalue weighted by Crippen LogP contribution is -2.26. The molecular weight excluding hydrogens is 248 g/mol. The molecule has 2 rings (SSSR count).